The predicted octanol–water partition coefficient (Wildman–Crippen LogP) is 5.45. The number of hydrogen-bond acceptors (Lipinski definition) is 2. The van der Waals surface area contributed by atoms with Crippen LogP contribution in [0, 0.1) is 17.3 Å². The molecule has 1 aliphatic heterocycles. The van der Waals surface area contributed by atoms with E-state index in [1.807, 2.05) is 0 Å². The highest BCUT2D eigenvalue weighted by atomic mass is 16.7. The van der Waals surface area contributed by atoms with Crippen molar-refractivity contribution in [2.75, 3.05) is 6.61 Å². The van der Waals surface area contributed by atoms with Crippen LogP contribution in [0.4, 0.5) is 0 Å². The Hall–Kier alpha value is -0.760. The summed E-state index contributed by atoms with van der Waals surface area (Å²) in [7, 11) is 0. The monoisotopic (exact) mass is 292 g/mol. The Labute approximate surface area is 130 Å². The first-order chi connectivity index (χ1) is 9.88. The quantitative estimate of drug-likeness (QED) is 0.685. The Balaban J connectivity index is 2.08. The van der Waals surface area contributed by atoms with Crippen molar-refractivity contribution < 1.29 is 9.47 Å². The molecule has 2 rings (SSSR count). The van der Waals surface area contributed by atoms with Gasteiger partial charge in [-0.25, -0.2) is 0 Å². The van der Waals surface area contributed by atoms with Gasteiger partial charge in [0.15, 0.2) is 6.29 Å². The molecule has 2 nitrogen and oxygen atoms in total. The molecule has 0 radical (unpaired) electrons. The van der Waals surface area contributed by atoms with Gasteiger partial charge in [-0.15, -0.1) is 0 Å². The third-order valence-corrected chi connectivity index (χ3v) is 4.48. The van der Waals surface area contributed by atoms with Gasteiger partial charge >= 0.3 is 0 Å². The van der Waals surface area contributed by atoms with Crippen molar-refractivity contribution in [2.24, 2.45) is 17.3 Å². The molecule has 1 heterocycles. The topological polar surface area (TPSA) is 18.5 Å². The van der Waals surface area contributed by atoms with Crippen molar-refractivity contribution in [2.45, 2.75) is 73.0 Å². The molecule has 1 fully saturated rings. The zero-order chi connectivity index (χ0) is 15.5. The number of ether oxygens (including phenoxy) is 2. The predicted molar refractivity (Wildman–Crippen MR) is 87.9 cm³/mol. The smallest absolute Gasteiger partial charge is 0.199 e. The summed E-state index contributed by atoms with van der Waals surface area (Å²) in [5.74, 6) is 2.33. The Morgan fingerprint density at radius 2 is 2.00 bits per heavy atom. The van der Waals surface area contributed by atoms with E-state index in [-0.39, 0.29) is 11.7 Å². The van der Waals surface area contributed by atoms with Gasteiger partial charge in [0.25, 0.3) is 0 Å². The number of hydrogen-bond donors (Lipinski definition) is 0. The van der Waals surface area contributed by atoms with E-state index in [2.05, 4.69) is 46.8 Å². The first-order valence-electron chi connectivity index (χ1n) is 8.57. The van der Waals surface area contributed by atoms with Gasteiger partial charge < -0.3 is 9.47 Å². The molecular formula is C19H32O2. The molecule has 0 aromatic heterocycles. The Morgan fingerprint density at radius 1 is 1.24 bits per heavy atom. The molecule has 0 spiro atoms. The maximum Gasteiger partial charge on any atom is 0.199 e. The SMILES string of the molecule is CC(C)C(C1=CCCC(OC2CCCCO2)=C1)C(C)(C)C. The van der Waals surface area contributed by atoms with Crippen molar-refractivity contribution in [3.63, 3.8) is 0 Å². The zero-order valence-corrected chi connectivity index (χ0v) is 14.4. The summed E-state index contributed by atoms with van der Waals surface area (Å²) in [6.07, 6.45) is 10.2. The van der Waals surface area contributed by atoms with Crippen LogP contribution in [0.5, 0.6) is 0 Å². The van der Waals surface area contributed by atoms with E-state index in [9.17, 15) is 0 Å². The van der Waals surface area contributed by atoms with Crippen LogP contribution < -0.4 is 0 Å². The first kappa shape index (κ1) is 16.6. The molecule has 0 aromatic carbocycles. The van der Waals surface area contributed by atoms with Gasteiger partial charge in [-0.2, -0.15) is 0 Å². The molecule has 0 amide bonds. The largest absolute Gasteiger partial charge is 0.469 e. The van der Waals surface area contributed by atoms with Gasteiger partial charge in [0.1, 0.15) is 5.76 Å². The first-order valence-corrected chi connectivity index (χ1v) is 8.57. The molecule has 0 aromatic rings. The highest BCUT2D eigenvalue weighted by Gasteiger charge is 2.31. The average Bonchev–Trinajstić information content (AvgIpc) is 2.38. The molecule has 2 atom stereocenters. The van der Waals surface area contributed by atoms with Gasteiger partial charge in [-0.3, -0.25) is 0 Å². The van der Waals surface area contributed by atoms with E-state index >= 15 is 0 Å². The maximum atomic E-state index is 6.10. The second kappa shape index (κ2) is 7.00. The van der Waals surface area contributed by atoms with Gasteiger partial charge in [0.2, 0.25) is 0 Å². The lowest BCUT2D eigenvalue weighted by atomic mass is 9.69. The van der Waals surface area contributed by atoms with Gasteiger partial charge in [0, 0.05) is 12.8 Å². The van der Waals surface area contributed by atoms with Crippen molar-refractivity contribution in [1.29, 1.82) is 0 Å². The minimum atomic E-state index is -0.0171. The van der Waals surface area contributed by atoms with Crippen molar-refractivity contribution >= 4 is 0 Å². The van der Waals surface area contributed by atoms with Crippen LogP contribution in [0.15, 0.2) is 23.5 Å². The molecule has 0 N–H and O–H groups in total. The van der Waals surface area contributed by atoms with Gasteiger partial charge in [-0.05, 0) is 48.2 Å². The van der Waals surface area contributed by atoms with Crippen LogP contribution in [0.3, 0.4) is 0 Å². The molecule has 1 saturated heterocycles. The fraction of sp³-hybridized carbons (Fsp3) is 0.789. The van der Waals surface area contributed by atoms with E-state index in [4.69, 9.17) is 9.47 Å². The highest BCUT2D eigenvalue weighted by Crippen LogP contribution is 2.40. The second-order valence-electron chi connectivity index (χ2n) is 7.86. The fourth-order valence-corrected chi connectivity index (χ4v) is 3.87. The molecular weight excluding hydrogens is 260 g/mol. The van der Waals surface area contributed by atoms with E-state index in [1.165, 1.54) is 18.4 Å². The standard InChI is InChI=1S/C19H32O2/c1-14(2)18(19(3,4)5)15-9-8-10-16(13-15)21-17-11-6-7-12-20-17/h9,13-14,17-18H,6-8,10-12H2,1-5H3. The van der Waals surface area contributed by atoms with E-state index in [1.54, 1.807) is 0 Å². The summed E-state index contributed by atoms with van der Waals surface area (Å²) >= 11 is 0. The summed E-state index contributed by atoms with van der Waals surface area (Å²) < 4.78 is 11.8. The van der Waals surface area contributed by atoms with Gasteiger partial charge in [-0.1, -0.05) is 40.7 Å². The Morgan fingerprint density at radius 3 is 2.57 bits per heavy atom. The second-order valence-corrected chi connectivity index (χ2v) is 7.86. The Bertz CT molecular complexity index is 392. The lowest BCUT2D eigenvalue weighted by molar-refractivity contribution is -0.140. The van der Waals surface area contributed by atoms with Crippen LogP contribution in [-0.2, 0) is 9.47 Å². The maximum absolute atomic E-state index is 6.10. The minimum absolute atomic E-state index is 0.0171. The van der Waals surface area contributed by atoms with Gasteiger partial charge in [0.05, 0.1) is 6.61 Å². The molecule has 2 aliphatic rings. The molecule has 120 valence electrons. The van der Waals surface area contributed by atoms with Crippen LogP contribution in [0.2, 0.25) is 0 Å². The normalized spacial score (nSPS) is 25.3. The number of rotatable bonds is 4. The van der Waals surface area contributed by atoms with Crippen LogP contribution in [0.25, 0.3) is 0 Å². The van der Waals surface area contributed by atoms with Crippen molar-refractivity contribution in [3.05, 3.63) is 23.5 Å². The molecule has 0 saturated carbocycles. The molecule has 2 unspecified atom stereocenters. The summed E-state index contributed by atoms with van der Waals surface area (Å²) in [6.45, 7) is 12.5. The zero-order valence-electron chi connectivity index (χ0n) is 14.4. The summed E-state index contributed by atoms with van der Waals surface area (Å²) in [5.41, 5.74) is 1.73. The minimum Gasteiger partial charge on any atom is -0.469 e. The number of allylic oxidation sites excluding steroid dienone is 4. The average molecular weight is 292 g/mol. The Kier molecular flexibility index (Phi) is 5.54. The van der Waals surface area contributed by atoms with E-state index < -0.39 is 0 Å². The van der Waals surface area contributed by atoms with Crippen LogP contribution in [0.1, 0.15) is 66.7 Å². The van der Waals surface area contributed by atoms with E-state index in [0.717, 1.165) is 31.6 Å². The molecule has 0 bridgehead atoms. The summed E-state index contributed by atoms with van der Waals surface area (Å²) in [5, 5.41) is 0. The molecule has 1 aliphatic carbocycles. The van der Waals surface area contributed by atoms with Crippen molar-refractivity contribution in [3.8, 4) is 0 Å². The highest BCUT2D eigenvalue weighted by molar-refractivity contribution is 5.29. The van der Waals surface area contributed by atoms with Crippen LogP contribution >= 0.6 is 0 Å². The lowest BCUT2D eigenvalue weighted by Gasteiger charge is -2.36. The summed E-state index contributed by atoms with van der Waals surface area (Å²) in [4.78, 5) is 0. The van der Waals surface area contributed by atoms with Crippen molar-refractivity contribution in [1.82, 2.24) is 0 Å². The lowest BCUT2D eigenvalue weighted by Crippen LogP contribution is -2.28. The van der Waals surface area contributed by atoms with Crippen LogP contribution in [-0.4, -0.2) is 12.9 Å². The molecule has 2 heteroatoms. The molecule has 21 heavy (non-hydrogen) atoms. The third kappa shape index (κ3) is 4.60. The summed E-state index contributed by atoms with van der Waals surface area (Å²) in [6, 6.07) is 0. The van der Waals surface area contributed by atoms with E-state index in [0.29, 0.717) is 11.8 Å². The third-order valence-electron chi connectivity index (χ3n) is 4.48. The fourth-order valence-electron chi connectivity index (χ4n) is 3.87.